The van der Waals surface area contributed by atoms with E-state index in [-0.39, 0.29) is 0 Å². The van der Waals surface area contributed by atoms with Crippen LogP contribution in [0, 0.1) is 0 Å². The molecule has 1 aromatic carbocycles. The summed E-state index contributed by atoms with van der Waals surface area (Å²) >= 11 is 2.62. The molecule has 2 aromatic rings. The van der Waals surface area contributed by atoms with E-state index in [2.05, 4.69) is 55.9 Å². The molecule has 2 atom stereocenters. The van der Waals surface area contributed by atoms with E-state index in [1.807, 2.05) is 19.2 Å². The van der Waals surface area contributed by atoms with E-state index in [0.717, 1.165) is 34.3 Å². The molecule has 1 N–H and O–H groups in total. The van der Waals surface area contributed by atoms with Gasteiger partial charge < -0.3 is 0 Å². The molecule has 3 rings (SSSR count). The van der Waals surface area contributed by atoms with E-state index in [0.29, 0.717) is 23.6 Å². The number of hydrogen-bond acceptors (Lipinski definition) is 7. The van der Waals surface area contributed by atoms with Gasteiger partial charge in [0.2, 0.25) is 0 Å². The predicted molar refractivity (Wildman–Crippen MR) is 99.7 cm³/mol. The van der Waals surface area contributed by atoms with Gasteiger partial charge >= 0.3 is 163 Å². The van der Waals surface area contributed by atoms with Crippen LogP contribution in [0.3, 0.4) is 0 Å². The van der Waals surface area contributed by atoms with Crippen molar-refractivity contribution in [2.24, 2.45) is 0 Å². The first-order chi connectivity index (χ1) is 12.5. The van der Waals surface area contributed by atoms with Crippen molar-refractivity contribution in [2.75, 3.05) is 39.3 Å². The van der Waals surface area contributed by atoms with Crippen LogP contribution < -0.4 is 19.7 Å². The molecule has 0 aliphatic carbocycles. The van der Waals surface area contributed by atoms with Crippen molar-refractivity contribution in [3.8, 4) is 11.5 Å². The van der Waals surface area contributed by atoms with Crippen molar-refractivity contribution in [3.63, 3.8) is 0 Å². The minimum atomic E-state index is 0.310. The van der Waals surface area contributed by atoms with Gasteiger partial charge in [0.05, 0.1) is 0 Å². The summed E-state index contributed by atoms with van der Waals surface area (Å²) in [6.45, 7) is 6.26. The molecular weight excluding hydrogens is 369 g/mol. The molecule has 0 amide bonds. The third kappa shape index (κ3) is 3.44. The second kappa shape index (κ2) is 7.92. The van der Waals surface area contributed by atoms with Gasteiger partial charge in [-0.3, -0.25) is 0 Å². The molecule has 0 saturated carbocycles. The summed E-state index contributed by atoms with van der Waals surface area (Å²) < 4.78 is 12.0. The Morgan fingerprint density at radius 3 is 2.46 bits per heavy atom. The Hall–Kier alpha value is -1.67. The molecule has 0 bridgehead atoms. The fraction of sp³-hybridized carbons (Fsp3) is 0.500. The van der Waals surface area contributed by atoms with Crippen LogP contribution >= 0.6 is 0 Å². The number of benzene rings is 1. The van der Waals surface area contributed by atoms with Crippen molar-refractivity contribution in [1.82, 2.24) is 20.2 Å². The molecule has 1 fully saturated rings. The number of methoxy groups -OCH3 is 2. The van der Waals surface area contributed by atoms with Crippen LogP contribution in [0.5, 0.6) is 11.5 Å². The molecular formula is C18H25N5O2V. The van der Waals surface area contributed by atoms with Crippen molar-refractivity contribution in [3.05, 3.63) is 18.5 Å². The summed E-state index contributed by atoms with van der Waals surface area (Å²) in [6.07, 6.45) is 1.62. The van der Waals surface area contributed by atoms with Gasteiger partial charge in [0.15, 0.2) is 0 Å². The van der Waals surface area contributed by atoms with Crippen LogP contribution in [0.4, 0.5) is 5.82 Å². The second-order valence-corrected chi connectivity index (χ2v) is 7.16. The molecule has 2 heterocycles. The fourth-order valence-corrected chi connectivity index (χ4v) is 3.89. The molecule has 7 nitrogen and oxygen atoms in total. The zero-order chi connectivity index (χ0) is 18.8. The van der Waals surface area contributed by atoms with E-state index < -0.39 is 0 Å². The number of rotatable bonds is 5. The number of ether oxygens (including phenoxy) is 2. The van der Waals surface area contributed by atoms with Crippen molar-refractivity contribution < 1.29 is 26.5 Å². The Bertz CT molecular complexity index is 816. The van der Waals surface area contributed by atoms with E-state index in [9.17, 15) is 0 Å². The molecule has 2 unspecified atom stereocenters. The molecule has 139 valence electrons. The van der Waals surface area contributed by atoms with Gasteiger partial charge in [-0.15, -0.1) is 0 Å². The summed E-state index contributed by atoms with van der Waals surface area (Å²) in [4.78, 5) is 13.8. The number of nitrogens with zero attached hydrogens (tertiary/aromatic N) is 4. The number of nitrogens with one attached hydrogen (secondary N) is 1. The third-order valence-corrected chi connectivity index (χ3v) is 5.62. The third-order valence-electron chi connectivity index (χ3n) is 4.87. The van der Waals surface area contributed by atoms with E-state index in [1.165, 1.54) is 0 Å². The summed E-state index contributed by atoms with van der Waals surface area (Å²) in [5.74, 6) is 2.30. The molecule has 26 heavy (non-hydrogen) atoms. The summed E-state index contributed by atoms with van der Waals surface area (Å²) in [5, 5.41) is 4.21. The first-order valence-corrected chi connectivity index (χ1v) is 9.33. The molecule has 1 aliphatic rings. The normalized spacial score (nSPS) is 21.0. The molecule has 1 aliphatic heterocycles. The zero-order valence-electron chi connectivity index (χ0n) is 15.9. The zero-order valence-corrected chi connectivity index (χ0v) is 17.3. The number of aromatic nitrogens is 2. The topological polar surface area (TPSA) is 62.8 Å². The van der Waals surface area contributed by atoms with Gasteiger partial charge in [0, 0.05) is 0 Å². The van der Waals surface area contributed by atoms with Crippen LogP contribution in [0.2, 0.25) is 0 Å². The Kier molecular flexibility index (Phi) is 5.82. The molecule has 1 aromatic heterocycles. The average molecular weight is 394 g/mol. The van der Waals surface area contributed by atoms with E-state index in [1.54, 1.807) is 20.5 Å². The Morgan fingerprint density at radius 1 is 1.12 bits per heavy atom. The summed E-state index contributed by atoms with van der Waals surface area (Å²) in [7, 11) is 5.23. The monoisotopic (exact) mass is 394 g/mol. The molecule has 0 spiro atoms. The molecule has 8 heteroatoms. The van der Waals surface area contributed by atoms with Gasteiger partial charge in [0.1, 0.15) is 0 Å². The van der Waals surface area contributed by atoms with Crippen molar-refractivity contribution in [2.45, 2.75) is 25.9 Å². The van der Waals surface area contributed by atoms with E-state index in [4.69, 9.17) is 9.47 Å². The summed E-state index contributed by atoms with van der Waals surface area (Å²) in [5.41, 5.74) is 0.851. The first kappa shape index (κ1) is 19.1. The van der Waals surface area contributed by atoms with Crippen LogP contribution in [0.25, 0.3) is 10.9 Å². The standard InChI is InChI=1S/C18H25N5O2.V/c1-12-9-23(13(2)8-22(12)11-19-3)18-14-6-16(24-4)17(25-5)7-15(14)20-10-21-18;/h6-7,10,12-13,19H,8-9H2,1-5H3;. The Morgan fingerprint density at radius 2 is 1.81 bits per heavy atom. The van der Waals surface area contributed by atoms with Crippen LogP contribution in [-0.2, 0) is 17.0 Å². The SMILES string of the molecule is CN[C](=[V])N1CC(C)N(c2ncnc3cc(OC)c(OC)cc23)CC1C. The maximum absolute atomic E-state index is 5.48. The summed E-state index contributed by atoms with van der Waals surface area (Å²) in [6, 6.07) is 4.54. The van der Waals surface area contributed by atoms with Crippen LogP contribution in [-0.4, -0.2) is 65.8 Å². The van der Waals surface area contributed by atoms with Crippen LogP contribution in [0.15, 0.2) is 18.5 Å². The Balaban J connectivity index is 2.01. The minimum absolute atomic E-state index is 0.310. The second-order valence-electron chi connectivity index (χ2n) is 6.50. The quantitative estimate of drug-likeness (QED) is 0.823. The number of hydrogen-bond donors (Lipinski definition) is 1. The molecule has 0 radical (unpaired) electrons. The first-order valence-electron chi connectivity index (χ1n) is 8.63. The van der Waals surface area contributed by atoms with Gasteiger partial charge in [-0.25, -0.2) is 0 Å². The molecule has 1 saturated heterocycles. The maximum atomic E-state index is 5.48. The predicted octanol–water partition coefficient (Wildman–Crippen LogP) is 1.40. The van der Waals surface area contributed by atoms with E-state index >= 15 is 0 Å². The van der Waals surface area contributed by atoms with Crippen molar-refractivity contribution >= 4 is 21.2 Å². The van der Waals surface area contributed by atoms with Gasteiger partial charge in [0.25, 0.3) is 0 Å². The van der Waals surface area contributed by atoms with Crippen LogP contribution in [0.1, 0.15) is 13.8 Å². The fourth-order valence-electron chi connectivity index (χ4n) is 3.46. The number of piperazine rings is 1. The van der Waals surface area contributed by atoms with Gasteiger partial charge in [-0.05, 0) is 0 Å². The van der Waals surface area contributed by atoms with Crippen molar-refractivity contribution in [1.29, 1.82) is 0 Å². The van der Waals surface area contributed by atoms with Gasteiger partial charge in [-0.2, -0.15) is 0 Å². The van der Waals surface area contributed by atoms with Gasteiger partial charge in [-0.1, -0.05) is 0 Å². The Labute approximate surface area is 163 Å². The average Bonchev–Trinajstić information content (AvgIpc) is 2.67. The number of fused-ring (bicyclic) bond motifs is 1. The number of anilines is 1.